The number of fused-ring (bicyclic) bond motifs is 2. The number of nitrogens with zero attached hydrogens (tertiary/aromatic N) is 2. The smallest absolute Gasteiger partial charge is 0.325 e. The summed E-state index contributed by atoms with van der Waals surface area (Å²) in [6.45, 7) is 4.65. The van der Waals surface area contributed by atoms with Gasteiger partial charge in [0.05, 0.1) is 13.2 Å². The highest BCUT2D eigenvalue weighted by Crippen LogP contribution is 2.41. The minimum absolute atomic E-state index is 0.250. The van der Waals surface area contributed by atoms with E-state index in [1.807, 2.05) is 50.2 Å². The lowest BCUT2D eigenvalue weighted by molar-refractivity contribution is -0.132. The molecule has 5 rings (SSSR count). The lowest BCUT2D eigenvalue weighted by Gasteiger charge is -2.33. The summed E-state index contributed by atoms with van der Waals surface area (Å²) in [7, 11) is 0. The summed E-state index contributed by atoms with van der Waals surface area (Å²) < 4.78 is 7.79. The molecule has 1 aromatic heterocycles. The molecule has 174 valence electrons. The summed E-state index contributed by atoms with van der Waals surface area (Å²) in [6.07, 6.45) is 1.18. The zero-order valence-corrected chi connectivity index (χ0v) is 19.3. The van der Waals surface area contributed by atoms with Crippen molar-refractivity contribution in [3.05, 3.63) is 88.7 Å². The fraction of sp³-hybridized carbons (Fsp3) is 0.296. The lowest BCUT2D eigenvalue weighted by Crippen LogP contribution is -2.47. The van der Waals surface area contributed by atoms with Gasteiger partial charge in [0, 0.05) is 35.5 Å². The number of carbonyl (C=O) groups is 3. The van der Waals surface area contributed by atoms with E-state index in [4.69, 9.17) is 4.74 Å². The van der Waals surface area contributed by atoms with Crippen molar-refractivity contribution >= 4 is 17.7 Å². The molecule has 2 aromatic carbocycles. The molecule has 1 N–H and O–H groups in total. The van der Waals surface area contributed by atoms with Crippen molar-refractivity contribution in [2.45, 2.75) is 38.8 Å². The Morgan fingerprint density at radius 1 is 1.06 bits per heavy atom. The number of para-hydroxylation sites is 1. The number of ether oxygens (including phenoxy) is 1. The first-order valence-electron chi connectivity index (χ1n) is 11.5. The maximum atomic E-state index is 13.5. The van der Waals surface area contributed by atoms with Crippen molar-refractivity contribution in [3.8, 4) is 5.75 Å². The largest absolute Gasteiger partial charge is 0.493 e. The van der Waals surface area contributed by atoms with Crippen molar-refractivity contribution in [2.24, 2.45) is 0 Å². The maximum absolute atomic E-state index is 13.5. The van der Waals surface area contributed by atoms with Crippen LogP contribution in [-0.2, 0) is 23.3 Å². The third kappa shape index (κ3) is 3.57. The van der Waals surface area contributed by atoms with Crippen molar-refractivity contribution in [2.75, 3.05) is 13.2 Å². The second-order valence-electron chi connectivity index (χ2n) is 8.92. The number of hydrogen-bond acceptors (Lipinski definition) is 4. The quantitative estimate of drug-likeness (QED) is 0.452. The molecule has 2 aliphatic heterocycles. The normalized spacial score (nSPS) is 19.2. The molecule has 3 heterocycles. The molecule has 0 bridgehead atoms. The number of aromatic nitrogens is 1. The third-order valence-electron chi connectivity index (χ3n) is 6.90. The maximum Gasteiger partial charge on any atom is 0.325 e. The molecule has 7 nitrogen and oxygen atoms in total. The SMILES string of the molecule is Cc1cc(C(=O)CN2C(=O)NC3(CCOc4ccccc43)C2=O)c(C)n1CCc1ccccc1. The number of carbonyl (C=O) groups excluding carboxylic acids is 3. The van der Waals surface area contributed by atoms with Gasteiger partial charge in [0.15, 0.2) is 11.3 Å². The van der Waals surface area contributed by atoms with Gasteiger partial charge in [0.25, 0.3) is 5.91 Å². The molecular formula is C27H27N3O4. The molecule has 34 heavy (non-hydrogen) atoms. The molecule has 2 aliphatic rings. The summed E-state index contributed by atoms with van der Waals surface area (Å²) >= 11 is 0. The number of benzene rings is 2. The number of urea groups is 1. The summed E-state index contributed by atoms with van der Waals surface area (Å²) in [6, 6.07) is 18.7. The van der Waals surface area contributed by atoms with Gasteiger partial charge in [-0.15, -0.1) is 0 Å². The number of amides is 3. The van der Waals surface area contributed by atoms with Gasteiger partial charge in [0.2, 0.25) is 0 Å². The second-order valence-corrected chi connectivity index (χ2v) is 8.92. The first kappa shape index (κ1) is 21.9. The molecule has 0 aliphatic carbocycles. The topological polar surface area (TPSA) is 80.6 Å². The Morgan fingerprint density at radius 3 is 2.59 bits per heavy atom. The van der Waals surface area contributed by atoms with Crippen LogP contribution in [0.5, 0.6) is 5.75 Å². The molecule has 1 spiro atoms. The Hall–Kier alpha value is -3.87. The van der Waals surface area contributed by atoms with Crippen molar-refractivity contribution in [3.63, 3.8) is 0 Å². The fourth-order valence-corrected chi connectivity index (χ4v) is 5.06. The van der Waals surface area contributed by atoms with E-state index in [1.54, 1.807) is 12.1 Å². The summed E-state index contributed by atoms with van der Waals surface area (Å²) in [5, 5.41) is 2.85. The van der Waals surface area contributed by atoms with Crippen LogP contribution in [0.4, 0.5) is 4.79 Å². The summed E-state index contributed by atoms with van der Waals surface area (Å²) in [5.41, 5.74) is 3.04. The van der Waals surface area contributed by atoms with Gasteiger partial charge < -0.3 is 14.6 Å². The molecule has 1 unspecified atom stereocenters. The van der Waals surface area contributed by atoms with Gasteiger partial charge in [-0.1, -0.05) is 48.5 Å². The highest BCUT2D eigenvalue weighted by atomic mass is 16.5. The van der Waals surface area contributed by atoms with Crippen LogP contribution in [0.15, 0.2) is 60.7 Å². The van der Waals surface area contributed by atoms with Crippen LogP contribution in [0.2, 0.25) is 0 Å². The number of ketones is 1. The molecule has 3 aromatic rings. The minimum Gasteiger partial charge on any atom is -0.493 e. The van der Waals surface area contributed by atoms with Gasteiger partial charge in [0.1, 0.15) is 5.75 Å². The van der Waals surface area contributed by atoms with E-state index in [2.05, 4.69) is 22.0 Å². The summed E-state index contributed by atoms with van der Waals surface area (Å²) in [4.78, 5) is 40.6. The van der Waals surface area contributed by atoms with Gasteiger partial charge in [-0.25, -0.2) is 4.79 Å². The molecule has 1 atom stereocenters. The van der Waals surface area contributed by atoms with Gasteiger partial charge in [-0.2, -0.15) is 0 Å². The van der Waals surface area contributed by atoms with Gasteiger partial charge in [-0.3, -0.25) is 14.5 Å². The average Bonchev–Trinajstić information content (AvgIpc) is 3.26. The highest BCUT2D eigenvalue weighted by Gasteiger charge is 2.55. The van der Waals surface area contributed by atoms with E-state index in [0.29, 0.717) is 29.9 Å². The fourth-order valence-electron chi connectivity index (χ4n) is 5.06. The first-order chi connectivity index (χ1) is 16.4. The highest BCUT2D eigenvalue weighted by molar-refractivity contribution is 6.12. The standard InChI is InChI=1S/C27H27N3O4/c1-18-16-21(19(2)29(18)14-12-20-8-4-3-5-9-20)23(31)17-30-25(32)27(28-26(30)33)13-15-34-24-11-7-6-10-22(24)27/h3-11,16H,12-15,17H2,1-2H3,(H,28,33). The molecule has 0 saturated carbocycles. The Morgan fingerprint density at radius 2 is 1.79 bits per heavy atom. The van der Waals surface area contributed by atoms with E-state index < -0.39 is 17.5 Å². The van der Waals surface area contributed by atoms with Crippen molar-refractivity contribution < 1.29 is 19.1 Å². The predicted molar refractivity (Wildman–Crippen MR) is 127 cm³/mol. The van der Waals surface area contributed by atoms with Crippen LogP contribution < -0.4 is 10.1 Å². The van der Waals surface area contributed by atoms with Gasteiger partial charge >= 0.3 is 6.03 Å². The van der Waals surface area contributed by atoms with Crippen molar-refractivity contribution in [1.29, 1.82) is 0 Å². The van der Waals surface area contributed by atoms with E-state index in [-0.39, 0.29) is 12.3 Å². The molecule has 1 fully saturated rings. The zero-order valence-electron chi connectivity index (χ0n) is 19.3. The molecular weight excluding hydrogens is 430 g/mol. The minimum atomic E-state index is -1.18. The number of hydrogen-bond donors (Lipinski definition) is 1. The van der Waals surface area contributed by atoms with Crippen LogP contribution in [0, 0.1) is 13.8 Å². The van der Waals surface area contributed by atoms with E-state index in [1.165, 1.54) is 5.56 Å². The number of rotatable bonds is 6. The van der Waals surface area contributed by atoms with E-state index in [9.17, 15) is 14.4 Å². The average molecular weight is 458 g/mol. The van der Waals surface area contributed by atoms with Gasteiger partial charge in [-0.05, 0) is 38.0 Å². The Bertz CT molecular complexity index is 1280. The van der Waals surface area contributed by atoms with E-state index >= 15 is 0 Å². The first-order valence-corrected chi connectivity index (χ1v) is 11.5. The number of aryl methyl sites for hydroxylation is 2. The number of Topliss-reactive ketones (excluding diaryl/α,β-unsaturated/α-hetero) is 1. The number of imide groups is 1. The zero-order chi connectivity index (χ0) is 23.9. The Kier molecular flexibility index (Phi) is 5.48. The number of nitrogens with one attached hydrogen (secondary N) is 1. The third-order valence-corrected chi connectivity index (χ3v) is 6.90. The molecule has 7 heteroatoms. The Balaban J connectivity index is 1.35. The monoisotopic (exact) mass is 457 g/mol. The lowest BCUT2D eigenvalue weighted by atomic mass is 9.84. The van der Waals surface area contributed by atoms with Crippen LogP contribution in [0.25, 0.3) is 0 Å². The molecule has 3 amide bonds. The van der Waals surface area contributed by atoms with E-state index in [0.717, 1.165) is 29.3 Å². The molecule has 1 saturated heterocycles. The van der Waals surface area contributed by atoms with Crippen LogP contribution in [0.3, 0.4) is 0 Å². The van der Waals surface area contributed by atoms with Crippen LogP contribution in [-0.4, -0.2) is 40.3 Å². The van der Waals surface area contributed by atoms with Crippen LogP contribution in [0.1, 0.15) is 39.3 Å². The van der Waals surface area contributed by atoms with Crippen LogP contribution >= 0.6 is 0 Å². The van der Waals surface area contributed by atoms with Crippen molar-refractivity contribution in [1.82, 2.24) is 14.8 Å². The predicted octanol–water partition coefficient (Wildman–Crippen LogP) is 3.76. The Labute approximate surface area is 198 Å². The summed E-state index contributed by atoms with van der Waals surface area (Å²) in [5.74, 6) is -0.0722. The molecule has 0 radical (unpaired) electrons. The second kappa shape index (κ2) is 8.48.